The van der Waals surface area contributed by atoms with E-state index < -0.39 is 32.5 Å². The Hall–Kier alpha value is -3.59. The molecule has 0 bridgehead atoms. The minimum Gasteiger partial charge on any atom is -0.462 e. The fourth-order valence-corrected chi connectivity index (χ4v) is 7.33. The molecular formula is C59H99NO8P+. The molecule has 0 aliphatic rings. The molecule has 0 amide bonds. The molecule has 0 aromatic heterocycles. The van der Waals surface area contributed by atoms with E-state index in [4.69, 9.17) is 18.5 Å². The summed E-state index contributed by atoms with van der Waals surface area (Å²) in [6, 6.07) is 0. The number of ether oxygens (including phenoxy) is 2. The molecule has 2 unspecified atom stereocenters. The molecule has 10 heteroatoms. The van der Waals surface area contributed by atoms with E-state index >= 15 is 0 Å². The second-order valence-corrected chi connectivity index (χ2v) is 20.0. The maximum Gasteiger partial charge on any atom is 0.472 e. The zero-order valence-electron chi connectivity index (χ0n) is 44.2. The number of allylic oxidation sites excluding steroid dienone is 20. The molecule has 69 heavy (non-hydrogen) atoms. The Morgan fingerprint density at radius 1 is 0.464 bits per heavy atom. The number of carbonyl (C=O) groups is 2. The lowest BCUT2D eigenvalue weighted by Crippen LogP contribution is -2.37. The van der Waals surface area contributed by atoms with Crippen LogP contribution in [0.3, 0.4) is 0 Å². The van der Waals surface area contributed by atoms with Gasteiger partial charge in [-0.3, -0.25) is 18.6 Å². The van der Waals surface area contributed by atoms with E-state index in [1.807, 2.05) is 21.1 Å². The maximum absolute atomic E-state index is 12.8. The normalized spacial score (nSPS) is 14.3. The number of esters is 2. The summed E-state index contributed by atoms with van der Waals surface area (Å²) in [7, 11) is 1.42. The van der Waals surface area contributed by atoms with Gasteiger partial charge in [-0.1, -0.05) is 187 Å². The van der Waals surface area contributed by atoms with Crippen molar-refractivity contribution in [2.45, 2.75) is 193 Å². The van der Waals surface area contributed by atoms with Crippen molar-refractivity contribution in [3.8, 4) is 0 Å². The molecule has 1 N–H and O–H groups in total. The number of nitrogens with zero attached hydrogens (tertiary/aromatic N) is 1. The fraction of sp³-hybridized carbons (Fsp3) is 0.627. The van der Waals surface area contributed by atoms with Crippen LogP contribution in [0.15, 0.2) is 122 Å². The second-order valence-electron chi connectivity index (χ2n) is 18.5. The van der Waals surface area contributed by atoms with Crippen LogP contribution in [-0.4, -0.2) is 74.9 Å². The molecule has 0 aliphatic carbocycles. The number of quaternary nitrogens is 1. The third-order valence-corrected chi connectivity index (χ3v) is 11.7. The van der Waals surface area contributed by atoms with Crippen molar-refractivity contribution in [1.29, 1.82) is 0 Å². The first-order valence-electron chi connectivity index (χ1n) is 26.8. The number of likely N-dealkylation sites (N-methyl/N-ethyl adjacent to an activating group) is 1. The van der Waals surface area contributed by atoms with Gasteiger partial charge in [-0.2, -0.15) is 0 Å². The Balaban J connectivity index is 4.38. The highest BCUT2D eigenvalue weighted by atomic mass is 31.2. The van der Waals surface area contributed by atoms with Crippen LogP contribution in [0.4, 0.5) is 0 Å². The molecule has 0 saturated heterocycles. The topological polar surface area (TPSA) is 108 Å². The molecule has 0 aliphatic heterocycles. The lowest BCUT2D eigenvalue weighted by atomic mass is 10.1. The monoisotopic (exact) mass is 981 g/mol. The van der Waals surface area contributed by atoms with Crippen molar-refractivity contribution >= 4 is 19.8 Å². The van der Waals surface area contributed by atoms with Crippen LogP contribution in [0.25, 0.3) is 0 Å². The minimum absolute atomic E-state index is 0.0144. The Bertz CT molecular complexity index is 1580. The molecule has 0 saturated carbocycles. The van der Waals surface area contributed by atoms with Crippen molar-refractivity contribution < 1.29 is 42.1 Å². The van der Waals surface area contributed by atoms with Crippen LogP contribution in [0.1, 0.15) is 187 Å². The summed E-state index contributed by atoms with van der Waals surface area (Å²) in [5, 5.41) is 0. The Labute approximate surface area is 422 Å². The van der Waals surface area contributed by atoms with Gasteiger partial charge in [-0.25, -0.2) is 4.57 Å². The van der Waals surface area contributed by atoms with Gasteiger partial charge in [0.2, 0.25) is 0 Å². The van der Waals surface area contributed by atoms with Gasteiger partial charge in [0.1, 0.15) is 19.8 Å². The van der Waals surface area contributed by atoms with Crippen molar-refractivity contribution in [3.05, 3.63) is 122 Å². The lowest BCUT2D eigenvalue weighted by Gasteiger charge is -2.24. The SMILES string of the molecule is CC/C=C\C/C=C\C/C=C\C/C=C\C/C=C\C/C=C\C/C=C\C/C=C\CCCCC(=O)OC(COC(=O)CCCCCCCCC/C=C\C/C=C\CCCCCC)COP(=O)(O)OCC[N+](C)(C)C. The van der Waals surface area contributed by atoms with Crippen molar-refractivity contribution in [2.24, 2.45) is 0 Å². The van der Waals surface area contributed by atoms with Gasteiger partial charge >= 0.3 is 19.8 Å². The van der Waals surface area contributed by atoms with Crippen molar-refractivity contribution in [1.82, 2.24) is 0 Å². The van der Waals surface area contributed by atoms with Gasteiger partial charge in [0.25, 0.3) is 0 Å². The van der Waals surface area contributed by atoms with E-state index in [-0.39, 0.29) is 26.1 Å². The molecule has 0 heterocycles. The number of phosphoric acid groups is 1. The molecule has 0 spiro atoms. The highest BCUT2D eigenvalue weighted by Crippen LogP contribution is 2.43. The Kier molecular flexibility index (Phi) is 46.8. The van der Waals surface area contributed by atoms with Crippen LogP contribution in [0, 0.1) is 0 Å². The molecule has 0 rings (SSSR count). The standard InChI is InChI=1S/C59H98NO8P/c1-6-8-10-12-14-16-18-20-22-24-26-27-28-29-30-31-32-33-34-36-38-40-42-44-46-48-50-52-59(62)68-57(56-67-69(63,64)66-54-53-60(3,4)5)55-65-58(61)51-49-47-45-43-41-39-37-35-25-23-21-19-17-15-13-11-9-7-2/h8,10,14,16-17,19-20,22-23,25-27,29-30,32-33,36,38,42,44,57H,6-7,9,11-13,15,18,21,24,28,31,34-35,37,39-41,43,45-56H2,1-5H3/p+1/b10-8-,16-14-,19-17-,22-20-,25-23-,27-26-,30-29-,33-32-,38-36-,44-42-. The summed E-state index contributed by atoms with van der Waals surface area (Å²) in [5.41, 5.74) is 0. The van der Waals surface area contributed by atoms with Crippen LogP contribution < -0.4 is 0 Å². The number of phosphoric ester groups is 1. The molecule has 0 radical (unpaired) electrons. The van der Waals surface area contributed by atoms with E-state index in [9.17, 15) is 19.0 Å². The van der Waals surface area contributed by atoms with Gasteiger partial charge in [0.15, 0.2) is 6.10 Å². The van der Waals surface area contributed by atoms with Gasteiger partial charge in [0, 0.05) is 12.8 Å². The van der Waals surface area contributed by atoms with E-state index in [2.05, 4.69) is 135 Å². The average Bonchev–Trinajstić information content (AvgIpc) is 3.31. The van der Waals surface area contributed by atoms with Crippen LogP contribution >= 0.6 is 7.82 Å². The fourth-order valence-electron chi connectivity index (χ4n) is 6.59. The number of hydrogen-bond donors (Lipinski definition) is 1. The summed E-state index contributed by atoms with van der Waals surface area (Å²) < 4.78 is 34.4. The van der Waals surface area contributed by atoms with Crippen LogP contribution in [0.5, 0.6) is 0 Å². The van der Waals surface area contributed by atoms with E-state index in [1.165, 1.54) is 51.4 Å². The lowest BCUT2D eigenvalue weighted by molar-refractivity contribution is -0.870. The van der Waals surface area contributed by atoms with Crippen molar-refractivity contribution in [2.75, 3.05) is 47.5 Å². The first-order valence-corrected chi connectivity index (χ1v) is 28.3. The Morgan fingerprint density at radius 2 is 0.826 bits per heavy atom. The van der Waals surface area contributed by atoms with Crippen LogP contribution in [0.2, 0.25) is 0 Å². The Morgan fingerprint density at radius 3 is 1.26 bits per heavy atom. The maximum atomic E-state index is 12.8. The van der Waals surface area contributed by atoms with E-state index in [1.54, 1.807) is 0 Å². The average molecular weight is 981 g/mol. The molecule has 0 aromatic rings. The smallest absolute Gasteiger partial charge is 0.462 e. The molecule has 0 aromatic carbocycles. The predicted molar refractivity (Wildman–Crippen MR) is 293 cm³/mol. The highest BCUT2D eigenvalue weighted by molar-refractivity contribution is 7.47. The summed E-state index contributed by atoms with van der Waals surface area (Å²) in [4.78, 5) is 35.6. The highest BCUT2D eigenvalue weighted by Gasteiger charge is 2.27. The van der Waals surface area contributed by atoms with Gasteiger partial charge < -0.3 is 18.9 Å². The van der Waals surface area contributed by atoms with E-state index in [0.717, 1.165) is 103 Å². The largest absolute Gasteiger partial charge is 0.472 e. The van der Waals surface area contributed by atoms with Crippen molar-refractivity contribution in [3.63, 3.8) is 0 Å². The summed E-state index contributed by atoms with van der Waals surface area (Å²) >= 11 is 0. The third-order valence-electron chi connectivity index (χ3n) is 10.7. The number of hydrogen-bond acceptors (Lipinski definition) is 7. The second kappa shape index (κ2) is 49.4. The number of carbonyl (C=O) groups excluding carboxylic acids is 2. The summed E-state index contributed by atoms with van der Waals surface area (Å²) in [5.74, 6) is -0.868. The molecular weight excluding hydrogens is 882 g/mol. The third kappa shape index (κ3) is 53.6. The van der Waals surface area contributed by atoms with E-state index in [0.29, 0.717) is 17.4 Å². The zero-order valence-corrected chi connectivity index (χ0v) is 45.1. The quantitative estimate of drug-likeness (QED) is 0.0211. The van der Waals surface area contributed by atoms with Gasteiger partial charge in [0.05, 0.1) is 27.7 Å². The number of rotatable bonds is 47. The molecule has 2 atom stereocenters. The minimum atomic E-state index is -4.41. The molecule has 0 fully saturated rings. The number of unbranched alkanes of at least 4 members (excludes halogenated alkanes) is 13. The predicted octanol–water partition coefficient (Wildman–Crippen LogP) is 16.4. The zero-order chi connectivity index (χ0) is 50.6. The summed E-state index contributed by atoms with van der Waals surface area (Å²) in [6.07, 6.45) is 69.7. The summed E-state index contributed by atoms with van der Waals surface area (Å²) in [6.45, 7) is 4.22. The first kappa shape index (κ1) is 65.4. The molecule has 9 nitrogen and oxygen atoms in total. The van der Waals surface area contributed by atoms with Gasteiger partial charge in [-0.15, -0.1) is 0 Å². The van der Waals surface area contributed by atoms with Crippen LogP contribution in [-0.2, 0) is 32.7 Å². The molecule has 392 valence electrons. The first-order chi connectivity index (χ1) is 33.5. The van der Waals surface area contributed by atoms with Gasteiger partial charge in [-0.05, 0) is 109 Å².